The van der Waals surface area contributed by atoms with Crippen LogP contribution in [-0.4, -0.2) is 22.5 Å². The zero-order chi connectivity index (χ0) is 39.7. The Morgan fingerprint density at radius 3 is 1.36 bits per heavy atom. The van der Waals surface area contributed by atoms with Gasteiger partial charge < -0.3 is 31.6 Å². The predicted octanol–water partition coefficient (Wildman–Crippen LogP) is 11.6. The molecule has 0 atom stereocenters. The molecule has 15 heteroatoms. The molecule has 4 aromatic carbocycles. The average molecular weight is 1010 g/mol. The molecule has 6 rings (SSSR count). The second-order valence-corrected chi connectivity index (χ2v) is 15.5. The van der Waals surface area contributed by atoms with Crippen molar-refractivity contribution in [3.8, 4) is 34.8 Å². The van der Waals surface area contributed by atoms with E-state index >= 15 is 0 Å². The third kappa shape index (κ3) is 15.1. The molecule has 0 aliphatic heterocycles. The molecule has 6 aromatic rings. The maximum atomic E-state index is 6.24. The molecule has 0 saturated heterocycles. The first-order valence-corrected chi connectivity index (χ1v) is 21.8. The number of pyridine rings is 2. The molecule has 0 unspecified atom stereocenters. The van der Waals surface area contributed by atoms with Crippen LogP contribution in [0.25, 0.3) is 0 Å². The average Bonchev–Trinajstić information content (AvgIpc) is 3.18. The molecule has 56 heavy (non-hydrogen) atoms. The molecule has 0 amide bonds. The second kappa shape index (κ2) is 25.6. The van der Waals surface area contributed by atoms with Gasteiger partial charge in [0.05, 0.1) is 32.5 Å². The summed E-state index contributed by atoms with van der Waals surface area (Å²) in [6.45, 7) is 3.02. The molecule has 0 N–H and O–H groups in total. The van der Waals surface area contributed by atoms with Crippen LogP contribution in [0.1, 0.15) is 29.2 Å². The van der Waals surface area contributed by atoms with Gasteiger partial charge in [0.2, 0.25) is 11.8 Å². The van der Waals surface area contributed by atoms with Crippen molar-refractivity contribution >= 4 is 103 Å². The monoisotopic (exact) mass is 1000 g/mol. The number of benzene rings is 4. The van der Waals surface area contributed by atoms with Crippen molar-refractivity contribution < 1.29 is 48.5 Å². The summed E-state index contributed by atoms with van der Waals surface area (Å²) in [5, 5.41) is 1.64. The molecule has 0 saturated carbocycles. The minimum atomic E-state index is 0. The number of hydrogen-bond donors (Lipinski definition) is 0. The Kier molecular flexibility index (Phi) is 22.2. The predicted molar refractivity (Wildman–Crippen MR) is 238 cm³/mol. The van der Waals surface area contributed by atoms with Gasteiger partial charge in [0.15, 0.2) is 11.5 Å². The number of halogens is 6. The molecule has 288 valence electrons. The molecule has 6 nitrogen and oxygen atoms in total. The Morgan fingerprint density at radius 1 is 0.607 bits per heavy atom. The van der Waals surface area contributed by atoms with Gasteiger partial charge in [-0.25, -0.2) is 9.97 Å². The summed E-state index contributed by atoms with van der Waals surface area (Å²) < 4.78 is 25.1. The Labute approximate surface area is 397 Å². The first-order chi connectivity index (χ1) is 26.6. The molecule has 0 fully saturated rings. The summed E-state index contributed by atoms with van der Waals surface area (Å²) >= 11 is 37.4. The summed E-state index contributed by atoms with van der Waals surface area (Å²) in [7, 11) is 0. The van der Waals surface area contributed by atoms with E-state index in [1.54, 1.807) is 54.7 Å². The fourth-order valence-corrected chi connectivity index (χ4v) is 7.88. The molecule has 0 radical (unpaired) electrons. The van der Waals surface area contributed by atoms with Crippen LogP contribution < -0.4 is 48.5 Å². The summed E-state index contributed by atoms with van der Waals surface area (Å²) in [5.41, 5.74) is 4.19. The van der Waals surface area contributed by atoms with Gasteiger partial charge in [0.1, 0.15) is 24.7 Å². The first-order valence-electron chi connectivity index (χ1n) is 16.5. The van der Waals surface area contributed by atoms with Crippen molar-refractivity contribution in [1.82, 2.24) is 9.97 Å². The Bertz CT molecular complexity index is 2100. The number of hydrogen-bond acceptors (Lipinski definition) is 8. The number of thioether (sulfide) groups is 1. The van der Waals surface area contributed by atoms with Gasteiger partial charge in [-0.1, -0.05) is 146 Å². The van der Waals surface area contributed by atoms with Crippen LogP contribution in [0.15, 0.2) is 118 Å². The summed E-state index contributed by atoms with van der Waals surface area (Å²) in [6, 6.07) is 30.6. The van der Waals surface area contributed by atoms with Crippen LogP contribution >= 0.6 is 90.0 Å². The van der Waals surface area contributed by atoms with E-state index in [1.165, 1.54) is 0 Å². The van der Waals surface area contributed by atoms with Gasteiger partial charge in [-0.3, -0.25) is 0 Å². The Hall–Kier alpha value is -1.80. The maximum absolute atomic E-state index is 6.24. The topological polar surface area (TPSA) is 62.7 Å². The number of rotatable bonds is 13. The molecule has 0 aliphatic rings. The Morgan fingerprint density at radius 2 is 0.982 bits per heavy atom. The quantitative estimate of drug-likeness (QED) is 0.0838. The van der Waals surface area contributed by atoms with E-state index in [0.29, 0.717) is 56.6 Å². The van der Waals surface area contributed by atoms with Gasteiger partial charge in [-0.2, -0.15) is 18.0 Å². The molecule has 2 aromatic heterocycles. The third-order valence-corrected chi connectivity index (χ3v) is 9.98. The van der Waals surface area contributed by atoms with E-state index in [1.807, 2.05) is 86.0 Å². The van der Waals surface area contributed by atoms with Crippen molar-refractivity contribution in [2.45, 2.75) is 32.3 Å². The van der Waals surface area contributed by atoms with E-state index < -0.39 is 0 Å². The number of nitrogens with zero attached hydrogens (tertiary/aromatic N) is 2. The zero-order valence-electron chi connectivity index (χ0n) is 30.8. The molecular formula is C41H35Br2Cl4N2NaO4S2. The number of ether oxygens (including phenoxy) is 4. The standard InChI is InChI=1S/C20H16BrCl2NO2S.C20H16BrCl2NO2.CH4S.Na/c1-27-12-14-7-19(26-20-16(22)8-15(21)9-17(20)23)24-10-18(14)25-11-13-5-3-2-4-6-13;1-2-14-8-19(26-20-16(22)9-15(21)10-17(20)23)24-11-18(14)25-12-13-6-4-3-5-7-13;1-2;/h2-10H,11-12H2,1H3;3-11H,2,12H2,1H3;2H,1H3;/q;;;+1/p-1. The normalized spacial score (nSPS) is 10.2. The van der Waals surface area contributed by atoms with E-state index in [9.17, 15) is 0 Å². The minimum Gasteiger partial charge on any atom is -0.796 e. The van der Waals surface area contributed by atoms with E-state index in [2.05, 4.69) is 54.5 Å². The van der Waals surface area contributed by atoms with Crippen LogP contribution in [0.5, 0.6) is 34.8 Å². The molecule has 0 aliphatic carbocycles. The van der Waals surface area contributed by atoms with Gasteiger partial charge in [0.25, 0.3) is 0 Å². The molecule has 0 spiro atoms. The van der Waals surface area contributed by atoms with Crippen molar-refractivity contribution in [3.05, 3.63) is 161 Å². The maximum Gasteiger partial charge on any atom is 1.00 e. The summed E-state index contributed by atoms with van der Waals surface area (Å²) in [4.78, 5) is 8.67. The summed E-state index contributed by atoms with van der Waals surface area (Å²) in [6.07, 6.45) is 7.73. The van der Waals surface area contributed by atoms with Crippen LogP contribution in [-0.2, 0) is 38.0 Å². The first kappa shape index (κ1) is 48.6. The van der Waals surface area contributed by atoms with Gasteiger partial charge in [-0.05, 0) is 48.1 Å². The Balaban J connectivity index is 0.000000283. The van der Waals surface area contributed by atoms with Crippen LogP contribution in [0.2, 0.25) is 20.1 Å². The van der Waals surface area contributed by atoms with E-state index in [-0.39, 0.29) is 29.6 Å². The van der Waals surface area contributed by atoms with Crippen molar-refractivity contribution in [1.29, 1.82) is 0 Å². The van der Waals surface area contributed by atoms with Gasteiger partial charge in [0, 0.05) is 38.0 Å². The minimum absolute atomic E-state index is 0. The van der Waals surface area contributed by atoms with Crippen molar-refractivity contribution in [2.24, 2.45) is 0 Å². The van der Waals surface area contributed by atoms with E-state index in [4.69, 9.17) is 65.4 Å². The van der Waals surface area contributed by atoms with E-state index in [0.717, 1.165) is 54.9 Å². The number of aryl methyl sites for hydroxylation is 1. The largest absolute Gasteiger partial charge is 1.00 e. The van der Waals surface area contributed by atoms with Crippen molar-refractivity contribution in [3.63, 3.8) is 0 Å². The summed E-state index contributed by atoms with van der Waals surface area (Å²) in [5.74, 6) is 3.82. The second-order valence-electron chi connectivity index (χ2n) is 11.2. The molecule has 0 bridgehead atoms. The van der Waals surface area contributed by atoms with Crippen molar-refractivity contribution in [2.75, 3.05) is 12.5 Å². The fraction of sp³-hybridized carbons (Fsp3) is 0.171. The van der Waals surface area contributed by atoms with Crippen LogP contribution in [0.4, 0.5) is 0 Å². The smallest absolute Gasteiger partial charge is 0.796 e. The third-order valence-electron chi connectivity index (χ3n) is 7.34. The fourth-order valence-electron chi connectivity index (χ4n) is 4.77. The SMILES string of the molecule is CCc1cc(Oc2c(Cl)cc(Br)cc2Cl)ncc1OCc1ccccc1.CSCc1cc(Oc2c(Cl)cc(Br)cc2Cl)ncc1OCc1ccccc1.C[S-].[Na+]. The number of aromatic nitrogens is 2. The van der Waals surface area contributed by atoms with Gasteiger partial charge in [-0.15, -0.1) is 0 Å². The van der Waals surface area contributed by atoms with Crippen LogP contribution in [0.3, 0.4) is 0 Å². The zero-order valence-corrected chi connectivity index (χ0v) is 40.7. The van der Waals surface area contributed by atoms with Gasteiger partial charge >= 0.3 is 29.6 Å². The van der Waals surface area contributed by atoms with Crippen LogP contribution in [0, 0.1) is 0 Å². The molecular weight excluding hydrogens is 973 g/mol. The molecule has 2 heterocycles.